The van der Waals surface area contributed by atoms with Crippen LogP contribution < -0.4 is 35.5 Å². The second kappa shape index (κ2) is 17.9. The van der Waals surface area contributed by atoms with Crippen molar-refractivity contribution in [2.75, 3.05) is 67.9 Å². The van der Waals surface area contributed by atoms with Crippen molar-refractivity contribution in [2.45, 2.75) is 49.1 Å². The molecular weight excluding hydrogens is 802 g/mol. The number of carbonyl (C=O) groups excluding carboxylic acids is 1. The number of dihydropyridines is 1. The van der Waals surface area contributed by atoms with Gasteiger partial charge < -0.3 is 30.3 Å². The Morgan fingerprint density at radius 3 is 2.60 bits per heavy atom. The molecule has 4 atom stereocenters. The number of hydrogen-bond acceptors (Lipinski definition) is 12. The number of piperazine rings is 1. The van der Waals surface area contributed by atoms with Crippen molar-refractivity contribution >= 4 is 50.1 Å². The summed E-state index contributed by atoms with van der Waals surface area (Å²) in [6.45, 7) is 8.37. The van der Waals surface area contributed by atoms with Gasteiger partial charge in [-0.15, -0.1) is 5.23 Å². The molecule has 60 heavy (non-hydrogen) atoms. The van der Waals surface area contributed by atoms with Crippen molar-refractivity contribution in [2.24, 2.45) is 11.8 Å². The van der Waals surface area contributed by atoms with Crippen LogP contribution in [0.4, 0.5) is 17.1 Å². The average Bonchev–Trinajstić information content (AvgIpc) is 3.64. The molecule has 15 heteroatoms. The molecule has 3 aromatic rings. The Hall–Kier alpha value is -4.96. The standard InChI is InChI=1S/C45H54ClN7O6S/c1-45-34(15-18-48-45)25-37(29-49-45)59-43-26-36(52-21-19-51(20-22-52)30-33-5-3-4-6-39(33)32-7-9-35(46)10-8-32)11-13-40(43)44(54)50-60(2,57)38-12-14-41(42(27-38)53(55)56)47-28-31-16-23-58-24-17-31/h4,6-15,18,25-27,29,31,33,39,47-49,55-56H,2-3,5,16-17,19-24,28,30H2,1H3,(H,50,54,57). The van der Waals surface area contributed by atoms with Crippen LogP contribution in [-0.2, 0) is 14.4 Å². The smallest absolute Gasteiger partial charge is 0.266 e. The summed E-state index contributed by atoms with van der Waals surface area (Å²) in [7, 11) is -3.49. The summed E-state index contributed by atoms with van der Waals surface area (Å²) in [4.78, 5) is 19.1. The first-order chi connectivity index (χ1) is 28.9. The number of rotatable bonds is 13. The molecular formula is C45H54ClN7O6S. The van der Waals surface area contributed by atoms with Gasteiger partial charge in [0.1, 0.15) is 22.9 Å². The van der Waals surface area contributed by atoms with Crippen LogP contribution in [0.25, 0.3) is 0 Å². The lowest BCUT2D eigenvalue weighted by atomic mass is 9.79. The van der Waals surface area contributed by atoms with Crippen molar-refractivity contribution in [3.05, 3.63) is 125 Å². The molecule has 4 aliphatic heterocycles. The SMILES string of the molecule is C=S(=O)(NC(=O)c1ccc(N2CCN(CC3CCC=CC3c3ccc(Cl)cc3)CC2)cc1OC1=CNC2(C)NC=CC2=C1)c1ccc(NCC2CCOCC2)c(N(O)O)c1. The minimum absolute atomic E-state index is 0.0242. The average molecular weight is 856 g/mol. The van der Waals surface area contributed by atoms with Gasteiger partial charge in [-0.2, -0.15) is 0 Å². The number of carbonyl (C=O) groups is 1. The number of nitrogens with zero attached hydrogens (tertiary/aromatic N) is 3. The number of ether oxygens (including phenoxy) is 2. The van der Waals surface area contributed by atoms with Gasteiger partial charge in [-0.3, -0.25) is 24.8 Å². The van der Waals surface area contributed by atoms with Gasteiger partial charge in [0, 0.05) is 86.9 Å². The van der Waals surface area contributed by atoms with Gasteiger partial charge in [0.25, 0.3) is 5.91 Å². The zero-order valence-electron chi connectivity index (χ0n) is 33.8. The van der Waals surface area contributed by atoms with E-state index in [1.807, 2.05) is 49.5 Å². The summed E-state index contributed by atoms with van der Waals surface area (Å²) in [5, 5.41) is 30.9. The number of allylic oxidation sites excluding steroid dienone is 3. The van der Waals surface area contributed by atoms with Crippen LogP contribution >= 0.6 is 11.6 Å². The quantitative estimate of drug-likeness (QED) is 0.0622. The minimum Gasteiger partial charge on any atom is -0.455 e. The number of fused-ring (bicyclic) bond motifs is 1. The van der Waals surface area contributed by atoms with E-state index in [4.69, 9.17) is 21.1 Å². The lowest BCUT2D eigenvalue weighted by Crippen LogP contribution is -2.50. The van der Waals surface area contributed by atoms with Gasteiger partial charge in [0.05, 0.1) is 25.9 Å². The number of amides is 1. The fourth-order valence-electron chi connectivity index (χ4n) is 8.62. The molecule has 4 unspecified atom stereocenters. The van der Waals surface area contributed by atoms with Gasteiger partial charge in [0.2, 0.25) is 0 Å². The fraction of sp³-hybridized carbons (Fsp3) is 0.378. The van der Waals surface area contributed by atoms with Crippen LogP contribution in [0.15, 0.2) is 114 Å². The summed E-state index contributed by atoms with van der Waals surface area (Å²) in [5.41, 5.74) is 3.28. The predicted molar refractivity (Wildman–Crippen MR) is 237 cm³/mol. The van der Waals surface area contributed by atoms with Crippen molar-refractivity contribution in [3.8, 4) is 5.75 Å². The molecule has 13 nitrogen and oxygen atoms in total. The third-order valence-electron chi connectivity index (χ3n) is 12.2. The Labute approximate surface area is 357 Å². The molecule has 0 saturated carbocycles. The highest BCUT2D eigenvalue weighted by Gasteiger charge is 2.33. The van der Waals surface area contributed by atoms with Gasteiger partial charge in [-0.25, -0.2) is 4.21 Å². The second-order valence-corrected chi connectivity index (χ2v) is 18.8. The topological polar surface area (TPSA) is 151 Å². The number of halogens is 1. The van der Waals surface area contributed by atoms with Crippen LogP contribution in [0.1, 0.15) is 54.4 Å². The maximum atomic E-state index is 14.2. The molecule has 3 aromatic carbocycles. The Morgan fingerprint density at radius 2 is 1.83 bits per heavy atom. The zero-order valence-corrected chi connectivity index (χ0v) is 35.4. The van der Waals surface area contributed by atoms with Crippen LogP contribution in [0.5, 0.6) is 5.75 Å². The van der Waals surface area contributed by atoms with Gasteiger partial charge in [-0.05, 0) is 117 Å². The number of hydrogen-bond donors (Lipinski definition) is 6. The highest BCUT2D eigenvalue weighted by Crippen LogP contribution is 2.36. The van der Waals surface area contributed by atoms with Gasteiger partial charge in [-0.1, -0.05) is 35.9 Å². The van der Waals surface area contributed by atoms with Crippen LogP contribution in [0.2, 0.25) is 5.02 Å². The Balaban J connectivity index is 0.985. The molecule has 1 amide bonds. The van der Waals surface area contributed by atoms with E-state index in [0.29, 0.717) is 49.0 Å². The van der Waals surface area contributed by atoms with Crippen molar-refractivity contribution in [1.29, 1.82) is 0 Å². The van der Waals surface area contributed by atoms with Crippen LogP contribution in [0.3, 0.4) is 0 Å². The van der Waals surface area contributed by atoms with Gasteiger partial charge >= 0.3 is 0 Å². The van der Waals surface area contributed by atoms with E-state index in [-0.39, 0.29) is 27.1 Å². The maximum Gasteiger partial charge on any atom is 0.266 e. The Kier molecular flexibility index (Phi) is 12.5. The molecule has 8 rings (SSSR count). The first-order valence-electron chi connectivity index (χ1n) is 20.6. The summed E-state index contributed by atoms with van der Waals surface area (Å²) < 4.78 is 28.7. The molecule has 6 N–H and O–H groups in total. The lowest BCUT2D eigenvalue weighted by Gasteiger charge is -2.39. The number of nitrogens with one attached hydrogen (secondary N) is 4. The first kappa shape index (κ1) is 41.8. The third kappa shape index (κ3) is 9.49. The first-order valence-corrected chi connectivity index (χ1v) is 22.7. The molecule has 0 bridgehead atoms. The van der Waals surface area contributed by atoms with E-state index >= 15 is 0 Å². The molecule has 0 aromatic heterocycles. The molecule has 5 aliphatic rings. The fourth-order valence-corrected chi connectivity index (χ4v) is 9.87. The molecule has 2 fully saturated rings. The normalized spacial score (nSPS) is 24.0. The lowest BCUT2D eigenvalue weighted by molar-refractivity contribution is 0.0294. The Bertz CT molecular complexity index is 2280. The summed E-state index contributed by atoms with van der Waals surface area (Å²) in [6.07, 6.45) is 16.2. The summed E-state index contributed by atoms with van der Waals surface area (Å²) in [5.74, 6) is 5.25. The highest BCUT2D eigenvalue weighted by molar-refractivity contribution is 7.99. The monoisotopic (exact) mass is 855 g/mol. The van der Waals surface area contributed by atoms with E-state index in [1.54, 1.807) is 24.4 Å². The molecule has 4 heterocycles. The highest BCUT2D eigenvalue weighted by atomic mass is 35.5. The zero-order chi connectivity index (χ0) is 41.9. The van der Waals surface area contributed by atoms with Crippen molar-refractivity contribution < 1.29 is 28.9 Å². The van der Waals surface area contributed by atoms with Crippen LogP contribution in [-0.4, -0.2) is 89.4 Å². The molecule has 0 radical (unpaired) electrons. The van der Waals surface area contributed by atoms with Crippen molar-refractivity contribution in [1.82, 2.24) is 20.3 Å². The number of anilines is 3. The molecule has 1 aliphatic carbocycles. The molecule has 0 spiro atoms. The van der Waals surface area contributed by atoms with Crippen molar-refractivity contribution in [3.63, 3.8) is 0 Å². The number of benzene rings is 3. The largest absolute Gasteiger partial charge is 0.455 e. The van der Waals surface area contributed by atoms with E-state index in [0.717, 1.165) is 74.7 Å². The Morgan fingerprint density at radius 1 is 1.05 bits per heavy atom. The predicted octanol–water partition coefficient (Wildman–Crippen LogP) is 6.64. The van der Waals surface area contributed by atoms with E-state index < -0.39 is 21.3 Å². The van der Waals surface area contributed by atoms with E-state index in [9.17, 15) is 19.4 Å². The summed E-state index contributed by atoms with van der Waals surface area (Å²) >= 11 is 6.20. The third-order valence-corrected chi connectivity index (χ3v) is 14.0. The van der Waals surface area contributed by atoms with Gasteiger partial charge in [0.15, 0.2) is 0 Å². The molecule has 2 saturated heterocycles. The van der Waals surface area contributed by atoms with E-state index in [2.05, 4.69) is 60.6 Å². The second-order valence-electron chi connectivity index (χ2n) is 16.3. The van der Waals surface area contributed by atoms with E-state index in [1.165, 1.54) is 11.6 Å². The minimum atomic E-state index is -3.49. The molecule has 318 valence electrons. The summed E-state index contributed by atoms with van der Waals surface area (Å²) in [6, 6.07) is 18.2. The van der Waals surface area contributed by atoms with Crippen LogP contribution in [0, 0.1) is 11.8 Å². The maximum absolute atomic E-state index is 14.2.